The fourth-order valence-corrected chi connectivity index (χ4v) is 3.89. The molecule has 1 aliphatic rings. The average molecular weight is 375 g/mol. The van der Waals surface area contributed by atoms with E-state index in [4.69, 9.17) is 9.72 Å². The highest BCUT2D eigenvalue weighted by molar-refractivity contribution is 5.81. The topological polar surface area (TPSA) is 47.4 Å². The first-order valence-electron chi connectivity index (χ1n) is 9.55. The van der Waals surface area contributed by atoms with Crippen LogP contribution in [0.4, 0.5) is 0 Å². The second-order valence-corrected chi connectivity index (χ2v) is 7.53. The molecule has 1 aromatic heterocycles. The number of benzene rings is 2. The lowest BCUT2D eigenvalue weighted by molar-refractivity contribution is -0.128. The number of rotatable bonds is 6. The molecule has 28 heavy (non-hydrogen) atoms. The molecule has 0 radical (unpaired) electrons. The number of amides is 1. The number of nitrogens with zero attached hydrogens (tertiary/aromatic N) is 3. The SMILES string of the molecule is C=C(C)Cn1c([C@H]2CC(=O)N(Cc3ccc(OC)cc3)C2)nc2ccccc21. The average Bonchev–Trinajstić information content (AvgIpc) is 3.23. The maximum absolute atomic E-state index is 12.7. The summed E-state index contributed by atoms with van der Waals surface area (Å²) in [6, 6.07) is 16.0. The summed E-state index contributed by atoms with van der Waals surface area (Å²) in [7, 11) is 1.65. The van der Waals surface area contributed by atoms with Gasteiger partial charge in [0, 0.05) is 32.0 Å². The van der Waals surface area contributed by atoms with E-state index in [0.29, 0.717) is 19.5 Å². The van der Waals surface area contributed by atoms with Crippen LogP contribution in [0.3, 0.4) is 0 Å². The number of carbonyl (C=O) groups is 1. The Bertz CT molecular complexity index is 1020. The first-order chi connectivity index (χ1) is 13.5. The van der Waals surface area contributed by atoms with Crippen molar-refractivity contribution in [2.75, 3.05) is 13.7 Å². The lowest BCUT2D eigenvalue weighted by atomic mass is 10.1. The molecule has 4 rings (SSSR count). The summed E-state index contributed by atoms with van der Waals surface area (Å²) in [5, 5.41) is 0. The third kappa shape index (κ3) is 3.52. The van der Waals surface area contributed by atoms with Gasteiger partial charge in [-0.2, -0.15) is 0 Å². The maximum Gasteiger partial charge on any atom is 0.223 e. The molecule has 2 heterocycles. The van der Waals surface area contributed by atoms with Crippen LogP contribution in [-0.4, -0.2) is 34.0 Å². The lowest BCUT2D eigenvalue weighted by Gasteiger charge is -2.17. The highest BCUT2D eigenvalue weighted by Gasteiger charge is 2.33. The van der Waals surface area contributed by atoms with Gasteiger partial charge in [-0.1, -0.05) is 36.4 Å². The van der Waals surface area contributed by atoms with Crippen LogP contribution in [0.25, 0.3) is 11.0 Å². The van der Waals surface area contributed by atoms with Crippen molar-refractivity contribution in [3.05, 3.63) is 72.1 Å². The molecule has 0 N–H and O–H groups in total. The van der Waals surface area contributed by atoms with Gasteiger partial charge in [-0.05, 0) is 36.8 Å². The van der Waals surface area contributed by atoms with E-state index in [0.717, 1.165) is 40.3 Å². The lowest BCUT2D eigenvalue weighted by Crippen LogP contribution is -2.24. The molecule has 0 unspecified atom stereocenters. The van der Waals surface area contributed by atoms with Gasteiger partial charge in [0.25, 0.3) is 0 Å². The molecule has 0 bridgehead atoms. The van der Waals surface area contributed by atoms with Crippen molar-refractivity contribution in [1.29, 1.82) is 0 Å². The zero-order chi connectivity index (χ0) is 19.7. The molecule has 1 aliphatic heterocycles. The van der Waals surface area contributed by atoms with Crippen LogP contribution in [0.15, 0.2) is 60.7 Å². The van der Waals surface area contributed by atoms with Crippen LogP contribution in [0.5, 0.6) is 5.75 Å². The summed E-state index contributed by atoms with van der Waals surface area (Å²) >= 11 is 0. The smallest absolute Gasteiger partial charge is 0.223 e. The van der Waals surface area contributed by atoms with Gasteiger partial charge in [-0.15, -0.1) is 0 Å². The van der Waals surface area contributed by atoms with Crippen LogP contribution in [-0.2, 0) is 17.9 Å². The number of aromatic nitrogens is 2. The van der Waals surface area contributed by atoms with Gasteiger partial charge in [-0.3, -0.25) is 4.79 Å². The monoisotopic (exact) mass is 375 g/mol. The van der Waals surface area contributed by atoms with E-state index in [1.54, 1.807) is 7.11 Å². The normalized spacial score (nSPS) is 16.7. The van der Waals surface area contributed by atoms with Crippen molar-refractivity contribution in [2.24, 2.45) is 0 Å². The third-order valence-electron chi connectivity index (χ3n) is 5.22. The molecule has 5 heteroatoms. The van der Waals surface area contributed by atoms with E-state index in [1.807, 2.05) is 54.3 Å². The van der Waals surface area contributed by atoms with Gasteiger partial charge in [0.15, 0.2) is 0 Å². The van der Waals surface area contributed by atoms with E-state index in [2.05, 4.69) is 17.2 Å². The van der Waals surface area contributed by atoms with Crippen molar-refractivity contribution < 1.29 is 9.53 Å². The Labute approximate surface area is 165 Å². The number of hydrogen-bond donors (Lipinski definition) is 0. The third-order valence-corrected chi connectivity index (χ3v) is 5.22. The molecule has 0 spiro atoms. The molecule has 0 aliphatic carbocycles. The van der Waals surface area contributed by atoms with Gasteiger partial charge < -0.3 is 14.2 Å². The minimum absolute atomic E-state index is 0.0949. The zero-order valence-corrected chi connectivity index (χ0v) is 16.4. The highest BCUT2D eigenvalue weighted by atomic mass is 16.5. The number of carbonyl (C=O) groups excluding carboxylic acids is 1. The molecule has 2 aromatic carbocycles. The fourth-order valence-electron chi connectivity index (χ4n) is 3.89. The van der Waals surface area contributed by atoms with Crippen LogP contribution in [0.2, 0.25) is 0 Å². The van der Waals surface area contributed by atoms with Crippen LogP contribution in [0.1, 0.15) is 30.7 Å². The van der Waals surface area contributed by atoms with Crippen LogP contribution >= 0.6 is 0 Å². The number of para-hydroxylation sites is 2. The van der Waals surface area contributed by atoms with Crippen LogP contribution < -0.4 is 4.74 Å². The Balaban J connectivity index is 1.58. The van der Waals surface area contributed by atoms with Crippen LogP contribution in [0, 0.1) is 0 Å². The summed E-state index contributed by atoms with van der Waals surface area (Å²) in [6.45, 7) is 8.11. The van der Waals surface area contributed by atoms with Gasteiger partial charge in [0.05, 0.1) is 18.1 Å². The van der Waals surface area contributed by atoms with Crippen molar-refractivity contribution in [3.8, 4) is 5.75 Å². The van der Waals surface area contributed by atoms with Gasteiger partial charge >= 0.3 is 0 Å². The molecular weight excluding hydrogens is 350 g/mol. The first kappa shape index (κ1) is 18.3. The number of allylic oxidation sites excluding steroid dienone is 1. The first-order valence-corrected chi connectivity index (χ1v) is 9.55. The summed E-state index contributed by atoms with van der Waals surface area (Å²) in [5.74, 6) is 2.07. The van der Waals surface area contributed by atoms with Crippen molar-refractivity contribution >= 4 is 16.9 Å². The number of ether oxygens (including phenoxy) is 1. The van der Waals surface area contributed by atoms with Gasteiger partial charge in [-0.25, -0.2) is 4.98 Å². The second-order valence-electron chi connectivity index (χ2n) is 7.53. The van der Waals surface area contributed by atoms with E-state index < -0.39 is 0 Å². The zero-order valence-electron chi connectivity index (χ0n) is 16.4. The van der Waals surface area contributed by atoms with Gasteiger partial charge in [0.1, 0.15) is 11.6 Å². The predicted octanol–water partition coefficient (Wildman–Crippen LogP) is 4.14. The number of hydrogen-bond acceptors (Lipinski definition) is 3. The summed E-state index contributed by atoms with van der Waals surface area (Å²) in [4.78, 5) is 19.5. The van der Waals surface area contributed by atoms with E-state index in [-0.39, 0.29) is 11.8 Å². The van der Waals surface area contributed by atoms with E-state index >= 15 is 0 Å². The van der Waals surface area contributed by atoms with Crippen molar-refractivity contribution in [2.45, 2.75) is 32.4 Å². The molecular formula is C23H25N3O2. The minimum atomic E-state index is 0.0949. The Kier molecular flexibility index (Phi) is 4.90. The number of likely N-dealkylation sites (tertiary alicyclic amines) is 1. The highest BCUT2D eigenvalue weighted by Crippen LogP contribution is 2.31. The fraction of sp³-hybridized carbons (Fsp3) is 0.304. The molecule has 5 nitrogen and oxygen atoms in total. The molecule has 3 aromatic rings. The Morgan fingerprint density at radius 3 is 2.68 bits per heavy atom. The summed E-state index contributed by atoms with van der Waals surface area (Å²) in [6.07, 6.45) is 0.496. The van der Waals surface area contributed by atoms with Crippen molar-refractivity contribution in [1.82, 2.24) is 14.5 Å². The predicted molar refractivity (Wildman–Crippen MR) is 110 cm³/mol. The van der Waals surface area contributed by atoms with E-state index in [9.17, 15) is 4.79 Å². The molecule has 1 amide bonds. The number of imidazole rings is 1. The van der Waals surface area contributed by atoms with Crippen molar-refractivity contribution in [3.63, 3.8) is 0 Å². The number of methoxy groups -OCH3 is 1. The number of fused-ring (bicyclic) bond motifs is 1. The Hall–Kier alpha value is -3.08. The summed E-state index contributed by atoms with van der Waals surface area (Å²) in [5.41, 5.74) is 4.25. The minimum Gasteiger partial charge on any atom is -0.497 e. The molecule has 1 saturated heterocycles. The molecule has 1 fully saturated rings. The van der Waals surface area contributed by atoms with Gasteiger partial charge in [0.2, 0.25) is 5.91 Å². The quantitative estimate of drug-likeness (QED) is 0.609. The Morgan fingerprint density at radius 1 is 1.21 bits per heavy atom. The second kappa shape index (κ2) is 7.50. The molecule has 1 atom stereocenters. The largest absolute Gasteiger partial charge is 0.497 e. The Morgan fingerprint density at radius 2 is 1.96 bits per heavy atom. The molecule has 0 saturated carbocycles. The standard InChI is InChI=1S/C23H25N3O2/c1-16(2)13-26-21-7-5-4-6-20(21)24-23(26)18-12-22(27)25(15-18)14-17-8-10-19(28-3)11-9-17/h4-11,18H,1,12-15H2,2-3H3/t18-/m0/s1. The van der Waals surface area contributed by atoms with E-state index in [1.165, 1.54) is 0 Å². The maximum atomic E-state index is 12.7. The summed E-state index contributed by atoms with van der Waals surface area (Å²) < 4.78 is 7.42. The molecule has 144 valence electrons.